The lowest BCUT2D eigenvalue weighted by Gasteiger charge is -2.09. The number of nitro benzene ring substituents is 1. The number of amides is 1. The summed E-state index contributed by atoms with van der Waals surface area (Å²) >= 11 is 0. The molecule has 0 aliphatic heterocycles. The Kier molecular flexibility index (Phi) is 4.21. The summed E-state index contributed by atoms with van der Waals surface area (Å²) in [7, 11) is 1.47. The molecule has 0 bridgehead atoms. The number of benzene rings is 1. The summed E-state index contributed by atoms with van der Waals surface area (Å²) in [5.74, 6) is -0.375. The second-order valence-electron chi connectivity index (χ2n) is 3.24. The van der Waals surface area contributed by atoms with Gasteiger partial charge in [-0.3, -0.25) is 14.9 Å². The fourth-order valence-corrected chi connectivity index (χ4v) is 1.30. The van der Waals surface area contributed by atoms with Crippen LogP contribution in [0.5, 0.6) is 0 Å². The number of hydrogen-bond acceptors (Lipinski definition) is 4. The number of nitrogens with one attached hydrogen (secondary N) is 2. The maximum absolute atomic E-state index is 11.6. The van der Waals surface area contributed by atoms with E-state index in [0.717, 1.165) is 0 Å². The molecule has 17 heavy (non-hydrogen) atoms. The molecule has 1 amide bonds. The first-order valence-electron chi connectivity index (χ1n) is 4.95. The predicted octanol–water partition coefficient (Wildman–Crippen LogP) is 1.55. The Balaban J connectivity index is 3.16. The third kappa shape index (κ3) is 3.04. The SMILES string of the molecule is C=CCNc1ccc([N+](=O)[O-])cc1C(=O)NC. The van der Waals surface area contributed by atoms with E-state index in [2.05, 4.69) is 17.2 Å². The molecular formula is C11H13N3O3. The Morgan fingerprint density at radius 2 is 2.29 bits per heavy atom. The van der Waals surface area contributed by atoms with Crippen LogP contribution in [0.4, 0.5) is 11.4 Å². The van der Waals surface area contributed by atoms with E-state index in [9.17, 15) is 14.9 Å². The number of nitrogens with zero attached hydrogens (tertiary/aromatic N) is 1. The lowest BCUT2D eigenvalue weighted by atomic mass is 10.1. The van der Waals surface area contributed by atoms with Crippen LogP contribution in [-0.2, 0) is 0 Å². The molecule has 0 aliphatic rings. The van der Waals surface area contributed by atoms with Gasteiger partial charge >= 0.3 is 0 Å². The standard InChI is InChI=1S/C11H13N3O3/c1-3-6-13-10-5-4-8(14(16)17)7-9(10)11(15)12-2/h3-5,7,13H,1,6H2,2H3,(H,12,15). The Bertz CT molecular complexity index is 457. The third-order valence-electron chi connectivity index (χ3n) is 2.12. The van der Waals surface area contributed by atoms with Gasteiger partial charge in [-0.2, -0.15) is 0 Å². The molecule has 2 N–H and O–H groups in total. The van der Waals surface area contributed by atoms with E-state index >= 15 is 0 Å². The number of rotatable bonds is 5. The molecule has 6 heteroatoms. The molecule has 0 saturated heterocycles. The summed E-state index contributed by atoms with van der Waals surface area (Å²) in [6.07, 6.45) is 1.63. The normalized spacial score (nSPS) is 9.47. The van der Waals surface area contributed by atoms with Gasteiger partial charge in [0.1, 0.15) is 0 Å². The number of nitro groups is 1. The van der Waals surface area contributed by atoms with E-state index in [-0.39, 0.29) is 17.2 Å². The van der Waals surface area contributed by atoms with E-state index in [1.807, 2.05) is 0 Å². The van der Waals surface area contributed by atoms with Crippen molar-refractivity contribution in [2.75, 3.05) is 18.9 Å². The molecule has 6 nitrogen and oxygen atoms in total. The average molecular weight is 235 g/mol. The monoisotopic (exact) mass is 235 g/mol. The Morgan fingerprint density at radius 1 is 1.59 bits per heavy atom. The van der Waals surface area contributed by atoms with Crippen molar-refractivity contribution in [1.82, 2.24) is 5.32 Å². The van der Waals surface area contributed by atoms with Crippen molar-refractivity contribution >= 4 is 17.3 Å². The van der Waals surface area contributed by atoms with Gasteiger partial charge < -0.3 is 10.6 Å². The second kappa shape index (κ2) is 5.64. The van der Waals surface area contributed by atoms with Gasteiger partial charge in [0.2, 0.25) is 0 Å². The Morgan fingerprint density at radius 3 is 2.82 bits per heavy atom. The summed E-state index contributed by atoms with van der Waals surface area (Å²) in [5, 5.41) is 16.0. The van der Waals surface area contributed by atoms with E-state index in [0.29, 0.717) is 12.2 Å². The highest BCUT2D eigenvalue weighted by atomic mass is 16.6. The minimum absolute atomic E-state index is 0.118. The zero-order valence-corrected chi connectivity index (χ0v) is 9.40. The largest absolute Gasteiger partial charge is 0.381 e. The first-order valence-corrected chi connectivity index (χ1v) is 4.95. The minimum atomic E-state index is -0.538. The van der Waals surface area contributed by atoms with E-state index in [1.54, 1.807) is 6.08 Å². The van der Waals surface area contributed by atoms with Crippen LogP contribution in [0.2, 0.25) is 0 Å². The van der Waals surface area contributed by atoms with E-state index in [4.69, 9.17) is 0 Å². The number of hydrogen-bond donors (Lipinski definition) is 2. The first-order chi connectivity index (χ1) is 8.10. The average Bonchev–Trinajstić information content (AvgIpc) is 2.35. The number of carbonyl (C=O) groups excluding carboxylic acids is 1. The second-order valence-corrected chi connectivity index (χ2v) is 3.24. The smallest absolute Gasteiger partial charge is 0.270 e. The summed E-state index contributed by atoms with van der Waals surface area (Å²) in [4.78, 5) is 21.7. The van der Waals surface area contributed by atoms with Crippen molar-refractivity contribution < 1.29 is 9.72 Å². The molecule has 1 rings (SSSR count). The molecule has 90 valence electrons. The van der Waals surface area contributed by atoms with Gasteiger partial charge in [-0.15, -0.1) is 6.58 Å². The molecule has 0 saturated carbocycles. The first kappa shape index (κ1) is 12.7. The van der Waals surface area contributed by atoms with Crippen molar-refractivity contribution in [3.63, 3.8) is 0 Å². The van der Waals surface area contributed by atoms with Crippen LogP contribution in [0.25, 0.3) is 0 Å². The molecule has 0 aliphatic carbocycles. The quantitative estimate of drug-likeness (QED) is 0.460. The molecule has 1 aromatic rings. The van der Waals surface area contributed by atoms with Crippen molar-refractivity contribution in [1.29, 1.82) is 0 Å². The van der Waals surface area contributed by atoms with Gasteiger partial charge in [-0.25, -0.2) is 0 Å². The highest BCUT2D eigenvalue weighted by Gasteiger charge is 2.15. The topological polar surface area (TPSA) is 84.3 Å². The highest BCUT2D eigenvalue weighted by molar-refractivity contribution is 6.00. The van der Waals surface area contributed by atoms with Gasteiger partial charge in [-0.05, 0) is 6.07 Å². The summed E-state index contributed by atoms with van der Waals surface area (Å²) in [5.41, 5.74) is 0.658. The van der Waals surface area contributed by atoms with Crippen LogP contribution in [0.15, 0.2) is 30.9 Å². The van der Waals surface area contributed by atoms with Gasteiger partial charge in [0.15, 0.2) is 0 Å². The highest BCUT2D eigenvalue weighted by Crippen LogP contribution is 2.21. The maximum atomic E-state index is 11.6. The van der Waals surface area contributed by atoms with Crippen molar-refractivity contribution in [2.45, 2.75) is 0 Å². The number of carbonyl (C=O) groups is 1. The van der Waals surface area contributed by atoms with Crippen LogP contribution in [0, 0.1) is 10.1 Å². The van der Waals surface area contributed by atoms with Crippen LogP contribution < -0.4 is 10.6 Å². The molecule has 0 heterocycles. The van der Waals surface area contributed by atoms with Gasteiger partial charge in [-0.1, -0.05) is 6.08 Å². The summed E-state index contributed by atoms with van der Waals surface area (Å²) < 4.78 is 0. The molecule has 0 spiro atoms. The van der Waals surface area contributed by atoms with Crippen molar-refractivity contribution in [3.05, 3.63) is 46.5 Å². The maximum Gasteiger partial charge on any atom is 0.270 e. The number of non-ortho nitro benzene ring substituents is 1. The molecule has 0 atom stereocenters. The zero-order valence-electron chi connectivity index (χ0n) is 9.40. The number of anilines is 1. The van der Waals surface area contributed by atoms with Crippen LogP contribution in [0.1, 0.15) is 10.4 Å². The summed E-state index contributed by atoms with van der Waals surface area (Å²) in [6.45, 7) is 4.02. The van der Waals surface area contributed by atoms with Gasteiger partial charge in [0.05, 0.1) is 10.5 Å². The summed E-state index contributed by atoms with van der Waals surface area (Å²) in [6, 6.07) is 4.09. The molecule has 0 radical (unpaired) electrons. The van der Waals surface area contributed by atoms with Crippen LogP contribution in [-0.4, -0.2) is 24.4 Å². The molecule has 1 aromatic carbocycles. The van der Waals surface area contributed by atoms with E-state index in [1.165, 1.54) is 25.2 Å². The fourth-order valence-electron chi connectivity index (χ4n) is 1.30. The third-order valence-corrected chi connectivity index (χ3v) is 2.12. The zero-order chi connectivity index (χ0) is 12.8. The predicted molar refractivity (Wildman–Crippen MR) is 65.2 cm³/mol. The Labute approximate surface area is 98.5 Å². The molecule has 0 fully saturated rings. The minimum Gasteiger partial charge on any atom is -0.381 e. The fraction of sp³-hybridized carbons (Fsp3) is 0.182. The molecular weight excluding hydrogens is 222 g/mol. The lowest BCUT2D eigenvalue weighted by molar-refractivity contribution is -0.384. The van der Waals surface area contributed by atoms with E-state index < -0.39 is 4.92 Å². The lowest BCUT2D eigenvalue weighted by Crippen LogP contribution is -2.20. The van der Waals surface area contributed by atoms with Crippen molar-refractivity contribution in [3.8, 4) is 0 Å². The van der Waals surface area contributed by atoms with Gasteiger partial charge in [0.25, 0.3) is 11.6 Å². The molecule has 0 unspecified atom stereocenters. The van der Waals surface area contributed by atoms with Crippen LogP contribution >= 0.6 is 0 Å². The van der Waals surface area contributed by atoms with Crippen molar-refractivity contribution in [2.24, 2.45) is 0 Å². The Hall–Kier alpha value is -2.37. The van der Waals surface area contributed by atoms with Crippen LogP contribution in [0.3, 0.4) is 0 Å². The van der Waals surface area contributed by atoms with Gasteiger partial charge in [0, 0.05) is 31.4 Å². The molecule has 0 aromatic heterocycles.